The van der Waals surface area contributed by atoms with Crippen LogP contribution < -0.4 is 10.1 Å². The minimum absolute atomic E-state index is 0.730. The fourth-order valence-electron chi connectivity index (χ4n) is 2.44. The van der Waals surface area contributed by atoms with Crippen molar-refractivity contribution in [2.24, 2.45) is 0 Å². The van der Waals surface area contributed by atoms with Crippen molar-refractivity contribution in [2.45, 2.75) is 19.9 Å². The number of hydrogen-bond acceptors (Lipinski definition) is 2. The van der Waals surface area contributed by atoms with E-state index in [4.69, 9.17) is 16.3 Å². The monoisotopic (exact) mass is 273 g/mol. The fraction of sp³-hybridized carbons (Fsp3) is 0.250. The summed E-state index contributed by atoms with van der Waals surface area (Å²) in [4.78, 5) is 0. The Morgan fingerprint density at radius 2 is 2.11 bits per heavy atom. The molecule has 0 aliphatic carbocycles. The Morgan fingerprint density at radius 1 is 1.26 bits per heavy atom. The van der Waals surface area contributed by atoms with Gasteiger partial charge in [-0.05, 0) is 36.2 Å². The van der Waals surface area contributed by atoms with Crippen LogP contribution in [0.4, 0.5) is 5.69 Å². The number of para-hydroxylation sites is 1. The largest absolute Gasteiger partial charge is 0.493 e. The minimum atomic E-state index is 0.730. The molecule has 2 aromatic rings. The summed E-state index contributed by atoms with van der Waals surface area (Å²) in [5.41, 5.74) is 4.73. The molecule has 2 nitrogen and oxygen atoms in total. The molecule has 3 heteroatoms. The molecule has 0 bridgehead atoms. The van der Waals surface area contributed by atoms with Crippen molar-refractivity contribution in [1.82, 2.24) is 0 Å². The first-order valence-electron chi connectivity index (χ1n) is 6.47. The molecule has 1 heterocycles. The van der Waals surface area contributed by atoms with Crippen LogP contribution in [0.5, 0.6) is 5.75 Å². The van der Waals surface area contributed by atoms with E-state index >= 15 is 0 Å². The van der Waals surface area contributed by atoms with Crippen molar-refractivity contribution in [3.8, 4) is 5.75 Å². The van der Waals surface area contributed by atoms with Crippen molar-refractivity contribution < 1.29 is 4.74 Å². The van der Waals surface area contributed by atoms with Gasteiger partial charge in [-0.2, -0.15) is 0 Å². The molecule has 19 heavy (non-hydrogen) atoms. The maximum Gasteiger partial charge on any atom is 0.127 e. The zero-order valence-electron chi connectivity index (χ0n) is 10.9. The molecule has 0 spiro atoms. The van der Waals surface area contributed by atoms with Gasteiger partial charge in [0.25, 0.3) is 0 Å². The van der Waals surface area contributed by atoms with Crippen LogP contribution in [-0.2, 0) is 13.0 Å². The van der Waals surface area contributed by atoms with Gasteiger partial charge in [0.1, 0.15) is 5.75 Å². The molecule has 1 aliphatic rings. The third-order valence-corrected chi connectivity index (χ3v) is 3.66. The van der Waals surface area contributed by atoms with Gasteiger partial charge in [0.05, 0.1) is 6.61 Å². The lowest BCUT2D eigenvalue weighted by Gasteiger charge is -2.12. The van der Waals surface area contributed by atoms with Gasteiger partial charge in [-0.3, -0.25) is 0 Å². The van der Waals surface area contributed by atoms with E-state index < -0.39 is 0 Å². The van der Waals surface area contributed by atoms with Crippen molar-refractivity contribution in [2.75, 3.05) is 11.9 Å². The Balaban J connectivity index is 1.83. The van der Waals surface area contributed by atoms with E-state index in [0.29, 0.717) is 0 Å². The normalized spacial score (nSPS) is 12.9. The SMILES string of the molecule is Cc1ccccc1NCc1cc(Cl)cc2c1OCC2. The summed E-state index contributed by atoms with van der Waals surface area (Å²) in [6.07, 6.45) is 0.952. The average molecular weight is 274 g/mol. The second kappa shape index (κ2) is 5.14. The Morgan fingerprint density at radius 3 is 2.95 bits per heavy atom. The molecule has 0 unspecified atom stereocenters. The van der Waals surface area contributed by atoms with Crippen LogP contribution in [0.15, 0.2) is 36.4 Å². The highest BCUT2D eigenvalue weighted by atomic mass is 35.5. The molecular formula is C16H16ClNO. The summed E-state index contributed by atoms with van der Waals surface area (Å²) in [6, 6.07) is 12.2. The van der Waals surface area contributed by atoms with Gasteiger partial charge in [-0.1, -0.05) is 29.8 Å². The Labute approximate surface area is 118 Å². The first-order valence-corrected chi connectivity index (χ1v) is 6.85. The van der Waals surface area contributed by atoms with Crippen LogP contribution in [0.1, 0.15) is 16.7 Å². The summed E-state index contributed by atoms with van der Waals surface area (Å²) in [5, 5.41) is 4.23. The predicted octanol–water partition coefficient (Wildman–Crippen LogP) is 4.20. The minimum Gasteiger partial charge on any atom is -0.493 e. The molecule has 0 saturated heterocycles. The number of ether oxygens (including phenoxy) is 1. The molecule has 0 radical (unpaired) electrons. The standard InChI is InChI=1S/C16H16ClNO/c1-11-4-2-3-5-15(11)18-10-13-9-14(17)8-12-6-7-19-16(12)13/h2-5,8-9,18H,6-7,10H2,1H3. The highest BCUT2D eigenvalue weighted by Gasteiger charge is 2.17. The second-order valence-corrected chi connectivity index (χ2v) is 5.26. The van der Waals surface area contributed by atoms with Crippen LogP contribution in [0.3, 0.4) is 0 Å². The smallest absolute Gasteiger partial charge is 0.127 e. The Kier molecular flexibility index (Phi) is 3.34. The average Bonchev–Trinajstić information content (AvgIpc) is 2.85. The molecule has 3 rings (SSSR count). The van der Waals surface area contributed by atoms with E-state index in [1.807, 2.05) is 24.3 Å². The zero-order valence-corrected chi connectivity index (χ0v) is 11.6. The van der Waals surface area contributed by atoms with E-state index in [-0.39, 0.29) is 0 Å². The van der Waals surface area contributed by atoms with Crippen LogP contribution in [0.2, 0.25) is 5.02 Å². The van der Waals surface area contributed by atoms with Crippen molar-refractivity contribution in [3.05, 3.63) is 58.1 Å². The molecule has 98 valence electrons. The van der Waals surface area contributed by atoms with Crippen molar-refractivity contribution in [3.63, 3.8) is 0 Å². The summed E-state index contributed by atoms with van der Waals surface area (Å²) >= 11 is 6.16. The van der Waals surface area contributed by atoms with Crippen molar-refractivity contribution >= 4 is 17.3 Å². The van der Waals surface area contributed by atoms with E-state index in [2.05, 4.69) is 24.4 Å². The number of aryl methyl sites for hydroxylation is 1. The van der Waals surface area contributed by atoms with E-state index in [0.717, 1.165) is 41.6 Å². The van der Waals surface area contributed by atoms with Crippen LogP contribution in [-0.4, -0.2) is 6.61 Å². The Bertz CT molecular complexity index is 610. The topological polar surface area (TPSA) is 21.3 Å². The number of fused-ring (bicyclic) bond motifs is 1. The molecule has 0 saturated carbocycles. The van der Waals surface area contributed by atoms with Gasteiger partial charge in [0, 0.05) is 29.2 Å². The summed E-state index contributed by atoms with van der Waals surface area (Å²) in [7, 11) is 0. The number of anilines is 1. The highest BCUT2D eigenvalue weighted by Crippen LogP contribution is 2.33. The molecular weight excluding hydrogens is 258 g/mol. The molecule has 1 aliphatic heterocycles. The second-order valence-electron chi connectivity index (χ2n) is 4.82. The van der Waals surface area contributed by atoms with Crippen molar-refractivity contribution in [1.29, 1.82) is 0 Å². The predicted molar refractivity (Wildman–Crippen MR) is 79.2 cm³/mol. The number of hydrogen-bond donors (Lipinski definition) is 1. The lowest BCUT2D eigenvalue weighted by Crippen LogP contribution is -2.02. The van der Waals surface area contributed by atoms with Gasteiger partial charge in [-0.25, -0.2) is 0 Å². The summed E-state index contributed by atoms with van der Waals surface area (Å²) < 4.78 is 5.70. The zero-order chi connectivity index (χ0) is 13.2. The quantitative estimate of drug-likeness (QED) is 0.905. The number of benzene rings is 2. The van der Waals surface area contributed by atoms with Gasteiger partial charge in [0.15, 0.2) is 0 Å². The van der Waals surface area contributed by atoms with Gasteiger partial charge in [0.2, 0.25) is 0 Å². The van der Waals surface area contributed by atoms with E-state index in [1.165, 1.54) is 11.1 Å². The molecule has 1 N–H and O–H groups in total. The molecule has 0 atom stereocenters. The van der Waals surface area contributed by atoms with Gasteiger partial charge in [-0.15, -0.1) is 0 Å². The van der Waals surface area contributed by atoms with E-state index in [9.17, 15) is 0 Å². The number of nitrogens with one attached hydrogen (secondary N) is 1. The molecule has 2 aromatic carbocycles. The van der Waals surface area contributed by atoms with E-state index in [1.54, 1.807) is 0 Å². The molecule has 0 amide bonds. The lowest BCUT2D eigenvalue weighted by atomic mass is 10.1. The highest BCUT2D eigenvalue weighted by molar-refractivity contribution is 6.30. The third-order valence-electron chi connectivity index (χ3n) is 3.44. The molecule has 0 aromatic heterocycles. The summed E-state index contributed by atoms with van der Waals surface area (Å²) in [6.45, 7) is 3.59. The fourth-order valence-corrected chi connectivity index (χ4v) is 2.70. The first kappa shape index (κ1) is 12.4. The maximum absolute atomic E-state index is 6.16. The first-order chi connectivity index (χ1) is 9.24. The van der Waals surface area contributed by atoms with Crippen LogP contribution in [0.25, 0.3) is 0 Å². The molecule has 0 fully saturated rings. The lowest BCUT2D eigenvalue weighted by molar-refractivity contribution is 0.354. The van der Waals surface area contributed by atoms with Crippen LogP contribution in [0, 0.1) is 6.92 Å². The maximum atomic E-state index is 6.16. The third kappa shape index (κ3) is 2.54. The van der Waals surface area contributed by atoms with Gasteiger partial charge < -0.3 is 10.1 Å². The van der Waals surface area contributed by atoms with Crippen LogP contribution >= 0.6 is 11.6 Å². The number of halogens is 1. The van der Waals surface area contributed by atoms with Gasteiger partial charge >= 0.3 is 0 Å². The summed E-state index contributed by atoms with van der Waals surface area (Å²) in [5.74, 6) is 1.01. The Hall–Kier alpha value is -1.67. The number of rotatable bonds is 3.